The van der Waals surface area contributed by atoms with Crippen LogP contribution in [0.5, 0.6) is 0 Å². The fourth-order valence-corrected chi connectivity index (χ4v) is 3.96. The van der Waals surface area contributed by atoms with Crippen LogP contribution >= 0.6 is 0 Å². The molecule has 0 radical (unpaired) electrons. The van der Waals surface area contributed by atoms with E-state index in [1.807, 2.05) is 0 Å². The average Bonchev–Trinajstić information content (AvgIpc) is 2.33. The fraction of sp³-hybridized carbons (Fsp3) is 1.00. The number of hydrogen-bond donors (Lipinski definition) is 2. The average molecular weight is 267 g/mol. The molecular weight excluding hydrogens is 234 g/mol. The molecule has 2 aliphatic rings. The minimum absolute atomic E-state index is 0.428. The molecule has 2 unspecified atom stereocenters. The lowest BCUT2D eigenvalue weighted by Gasteiger charge is -2.43. The van der Waals surface area contributed by atoms with Crippen molar-refractivity contribution >= 4 is 0 Å². The fourth-order valence-electron chi connectivity index (χ4n) is 3.96. The molecule has 2 N–H and O–H groups in total. The lowest BCUT2D eigenvalue weighted by atomic mass is 9.70. The van der Waals surface area contributed by atoms with E-state index in [9.17, 15) is 5.11 Å². The van der Waals surface area contributed by atoms with Gasteiger partial charge in [-0.05, 0) is 55.8 Å². The third-order valence-electron chi connectivity index (χ3n) is 5.75. The van der Waals surface area contributed by atoms with Crippen LogP contribution in [0.3, 0.4) is 0 Å². The molecule has 2 heteroatoms. The predicted octanol–water partition coefficient (Wildman–Crippen LogP) is 3.73. The highest BCUT2D eigenvalue weighted by Gasteiger charge is 2.37. The summed E-state index contributed by atoms with van der Waals surface area (Å²) in [6.45, 7) is 10.2. The zero-order chi connectivity index (χ0) is 14.1. The molecule has 2 rings (SSSR count). The summed E-state index contributed by atoms with van der Waals surface area (Å²) in [6.07, 6.45) is 8.28. The summed E-state index contributed by atoms with van der Waals surface area (Å²) in [4.78, 5) is 0. The van der Waals surface area contributed by atoms with Gasteiger partial charge in [0.25, 0.3) is 0 Å². The van der Waals surface area contributed by atoms with E-state index in [4.69, 9.17) is 0 Å². The van der Waals surface area contributed by atoms with Crippen molar-refractivity contribution in [3.05, 3.63) is 0 Å². The van der Waals surface area contributed by atoms with Gasteiger partial charge in [0.2, 0.25) is 0 Å². The highest BCUT2D eigenvalue weighted by Crippen LogP contribution is 2.40. The van der Waals surface area contributed by atoms with E-state index in [-0.39, 0.29) is 0 Å². The molecule has 2 fully saturated rings. The van der Waals surface area contributed by atoms with Crippen molar-refractivity contribution in [2.45, 2.75) is 84.3 Å². The third kappa shape index (κ3) is 3.95. The van der Waals surface area contributed by atoms with Crippen LogP contribution in [0.2, 0.25) is 0 Å². The summed E-state index contributed by atoms with van der Waals surface area (Å²) in [6, 6.07) is 0.604. The summed E-state index contributed by atoms with van der Waals surface area (Å²) < 4.78 is 0. The Hall–Kier alpha value is -0.0800. The summed E-state index contributed by atoms with van der Waals surface area (Å²) >= 11 is 0. The van der Waals surface area contributed by atoms with Gasteiger partial charge >= 0.3 is 0 Å². The van der Waals surface area contributed by atoms with Gasteiger partial charge in [0.1, 0.15) is 0 Å². The van der Waals surface area contributed by atoms with Crippen LogP contribution in [0.1, 0.15) is 72.6 Å². The van der Waals surface area contributed by atoms with Crippen LogP contribution < -0.4 is 5.32 Å². The first kappa shape index (κ1) is 15.3. The summed E-state index contributed by atoms with van der Waals surface area (Å²) in [7, 11) is 0. The molecule has 112 valence electrons. The van der Waals surface area contributed by atoms with Crippen LogP contribution in [0, 0.1) is 17.3 Å². The maximum absolute atomic E-state index is 10.7. The van der Waals surface area contributed by atoms with Crippen molar-refractivity contribution in [1.29, 1.82) is 0 Å². The number of aliphatic hydroxyl groups is 1. The van der Waals surface area contributed by atoms with Gasteiger partial charge in [-0.25, -0.2) is 0 Å². The zero-order valence-corrected chi connectivity index (χ0v) is 13.3. The Labute approximate surface area is 119 Å². The molecule has 0 saturated heterocycles. The number of hydrogen-bond acceptors (Lipinski definition) is 2. The van der Waals surface area contributed by atoms with E-state index in [0.717, 1.165) is 44.1 Å². The Morgan fingerprint density at radius 1 is 1.00 bits per heavy atom. The lowest BCUT2D eigenvalue weighted by molar-refractivity contribution is -0.0295. The van der Waals surface area contributed by atoms with Crippen LogP contribution in [0.25, 0.3) is 0 Å². The van der Waals surface area contributed by atoms with E-state index in [1.165, 1.54) is 19.3 Å². The molecule has 2 saturated carbocycles. The van der Waals surface area contributed by atoms with Gasteiger partial charge < -0.3 is 10.4 Å². The summed E-state index contributed by atoms with van der Waals surface area (Å²) in [5.41, 5.74) is -0.0238. The maximum atomic E-state index is 10.7. The predicted molar refractivity (Wildman–Crippen MR) is 81.2 cm³/mol. The lowest BCUT2D eigenvalue weighted by Crippen LogP contribution is -2.51. The molecule has 0 heterocycles. The van der Waals surface area contributed by atoms with E-state index < -0.39 is 5.60 Å². The Bertz CT molecular complexity index is 280. The quantitative estimate of drug-likeness (QED) is 0.816. The van der Waals surface area contributed by atoms with Gasteiger partial charge in [-0.2, -0.15) is 0 Å². The molecule has 0 aromatic carbocycles. The molecule has 0 aromatic heterocycles. The monoisotopic (exact) mass is 267 g/mol. The Morgan fingerprint density at radius 2 is 1.53 bits per heavy atom. The largest absolute Gasteiger partial charge is 0.389 e. The van der Waals surface area contributed by atoms with Crippen LogP contribution in [0.4, 0.5) is 0 Å². The summed E-state index contributed by atoms with van der Waals surface area (Å²) in [5, 5.41) is 14.5. The molecule has 2 aliphatic carbocycles. The minimum Gasteiger partial charge on any atom is -0.389 e. The Balaban J connectivity index is 1.84. The van der Waals surface area contributed by atoms with E-state index in [1.54, 1.807) is 0 Å². The first-order valence-corrected chi connectivity index (χ1v) is 8.27. The van der Waals surface area contributed by atoms with Crippen molar-refractivity contribution in [1.82, 2.24) is 5.32 Å². The highest BCUT2D eigenvalue weighted by molar-refractivity contribution is 4.93. The Kier molecular flexibility index (Phi) is 4.62. The van der Waals surface area contributed by atoms with Crippen LogP contribution in [-0.4, -0.2) is 23.3 Å². The highest BCUT2D eigenvalue weighted by atomic mass is 16.3. The van der Waals surface area contributed by atoms with E-state index in [2.05, 4.69) is 33.0 Å². The van der Waals surface area contributed by atoms with E-state index in [0.29, 0.717) is 11.5 Å². The van der Waals surface area contributed by atoms with Crippen molar-refractivity contribution in [2.24, 2.45) is 17.3 Å². The topological polar surface area (TPSA) is 32.3 Å². The smallest absolute Gasteiger partial charge is 0.0772 e. The van der Waals surface area contributed by atoms with E-state index >= 15 is 0 Å². The second-order valence-electron chi connectivity index (χ2n) is 8.18. The number of rotatable bonds is 3. The first-order chi connectivity index (χ1) is 8.81. The van der Waals surface area contributed by atoms with Crippen molar-refractivity contribution < 1.29 is 5.11 Å². The molecule has 0 aromatic rings. The Morgan fingerprint density at radius 3 is 2.05 bits per heavy atom. The van der Waals surface area contributed by atoms with Crippen molar-refractivity contribution in [2.75, 3.05) is 6.54 Å². The van der Waals surface area contributed by atoms with Crippen molar-refractivity contribution in [3.63, 3.8) is 0 Å². The molecule has 19 heavy (non-hydrogen) atoms. The summed E-state index contributed by atoms with van der Waals surface area (Å²) in [5.74, 6) is 1.51. The third-order valence-corrected chi connectivity index (χ3v) is 5.75. The molecule has 0 bridgehead atoms. The van der Waals surface area contributed by atoms with Gasteiger partial charge in [-0.3, -0.25) is 0 Å². The molecule has 0 aliphatic heterocycles. The van der Waals surface area contributed by atoms with Gasteiger partial charge in [0, 0.05) is 12.6 Å². The molecule has 0 spiro atoms. The standard InChI is InChI=1S/C17H33NO/c1-13-6-5-7-14(2)15(13)18-12-17(19)10-8-16(3,4)9-11-17/h13-15,18-19H,5-12H2,1-4H3. The normalized spacial score (nSPS) is 38.1. The van der Waals surface area contributed by atoms with Gasteiger partial charge in [0.15, 0.2) is 0 Å². The van der Waals surface area contributed by atoms with Gasteiger partial charge in [-0.1, -0.05) is 34.1 Å². The SMILES string of the molecule is CC1CCCC(C)C1NCC1(O)CCC(C)(C)CC1. The second kappa shape index (κ2) is 5.73. The molecule has 0 amide bonds. The first-order valence-electron chi connectivity index (χ1n) is 8.27. The minimum atomic E-state index is -0.452. The van der Waals surface area contributed by atoms with Crippen LogP contribution in [-0.2, 0) is 0 Å². The molecular formula is C17H33NO. The maximum Gasteiger partial charge on any atom is 0.0772 e. The second-order valence-corrected chi connectivity index (χ2v) is 8.18. The van der Waals surface area contributed by atoms with Crippen LogP contribution in [0.15, 0.2) is 0 Å². The molecule has 2 atom stereocenters. The number of nitrogens with one attached hydrogen (secondary N) is 1. The molecule has 2 nitrogen and oxygen atoms in total. The van der Waals surface area contributed by atoms with Gasteiger partial charge in [-0.15, -0.1) is 0 Å². The zero-order valence-electron chi connectivity index (χ0n) is 13.3. The van der Waals surface area contributed by atoms with Gasteiger partial charge in [0.05, 0.1) is 5.60 Å². The van der Waals surface area contributed by atoms with Crippen molar-refractivity contribution in [3.8, 4) is 0 Å².